The molecule has 1 rings (SSSR count). The van der Waals surface area contributed by atoms with Gasteiger partial charge in [0.25, 0.3) is 0 Å². The van der Waals surface area contributed by atoms with Crippen molar-refractivity contribution >= 4 is 5.97 Å². The lowest BCUT2D eigenvalue weighted by Gasteiger charge is -2.15. The normalized spacial score (nSPS) is 12.5. The predicted octanol–water partition coefficient (Wildman–Crippen LogP) is 2.69. The van der Waals surface area contributed by atoms with E-state index in [1.807, 2.05) is 13.8 Å². The maximum atomic E-state index is 11.7. The fraction of sp³-hybridized carbons (Fsp3) is 0.462. The quantitative estimate of drug-likeness (QED) is 0.625. The molecule has 0 radical (unpaired) electrons. The van der Waals surface area contributed by atoms with Crippen molar-refractivity contribution in [1.29, 1.82) is 0 Å². The molecule has 0 heterocycles. The van der Waals surface area contributed by atoms with Crippen molar-refractivity contribution < 1.29 is 19.7 Å². The van der Waals surface area contributed by atoms with Crippen molar-refractivity contribution in [2.24, 2.45) is 5.92 Å². The van der Waals surface area contributed by atoms with Crippen LogP contribution in [-0.2, 0) is 4.74 Å². The van der Waals surface area contributed by atoms with Gasteiger partial charge in [-0.15, -0.1) is 0 Å². The summed E-state index contributed by atoms with van der Waals surface area (Å²) in [5.74, 6) is -0.460. The van der Waals surface area contributed by atoms with E-state index >= 15 is 0 Å². The van der Waals surface area contributed by atoms with Gasteiger partial charge in [0.15, 0.2) is 0 Å². The average Bonchev–Trinajstić information content (AvgIpc) is 2.20. The highest BCUT2D eigenvalue weighted by Gasteiger charge is 2.17. The number of aromatic hydroxyl groups is 2. The molecule has 0 spiro atoms. The van der Waals surface area contributed by atoms with Crippen LogP contribution in [0.25, 0.3) is 0 Å². The second-order valence-corrected chi connectivity index (χ2v) is 4.55. The van der Waals surface area contributed by atoms with Gasteiger partial charge in [-0.3, -0.25) is 0 Å². The highest BCUT2D eigenvalue weighted by atomic mass is 16.5. The summed E-state index contributed by atoms with van der Waals surface area (Å²) < 4.78 is 5.17. The number of benzene rings is 1. The molecule has 0 amide bonds. The lowest BCUT2D eigenvalue weighted by atomic mass is 10.1. The van der Waals surface area contributed by atoms with Gasteiger partial charge >= 0.3 is 5.97 Å². The summed E-state index contributed by atoms with van der Waals surface area (Å²) in [5, 5.41) is 18.7. The van der Waals surface area contributed by atoms with E-state index in [0.717, 1.165) is 6.42 Å². The molecule has 17 heavy (non-hydrogen) atoms. The maximum Gasteiger partial charge on any atom is 0.342 e. The Morgan fingerprint density at radius 1 is 1.29 bits per heavy atom. The van der Waals surface area contributed by atoms with E-state index in [2.05, 4.69) is 0 Å². The molecule has 1 aromatic rings. The molecule has 0 saturated carbocycles. The molecule has 4 heteroatoms. The predicted molar refractivity (Wildman–Crippen MR) is 64.1 cm³/mol. The van der Waals surface area contributed by atoms with Crippen LogP contribution in [0.1, 0.15) is 37.6 Å². The van der Waals surface area contributed by atoms with Crippen LogP contribution in [0.15, 0.2) is 18.2 Å². The Balaban J connectivity index is 2.73. The van der Waals surface area contributed by atoms with E-state index in [1.54, 1.807) is 6.92 Å². The number of carbonyl (C=O) groups is 1. The molecule has 1 aromatic carbocycles. The van der Waals surface area contributed by atoms with Gasteiger partial charge in [-0.25, -0.2) is 4.79 Å². The van der Waals surface area contributed by atoms with Crippen LogP contribution < -0.4 is 0 Å². The Labute approximate surface area is 101 Å². The van der Waals surface area contributed by atoms with Gasteiger partial charge in [-0.1, -0.05) is 13.8 Å². The average molecular weight is 238 g/mol. The molecule has 4 nitrogen and oxygen atoms in total. The lowest BCUT2D eigenvalue weighted by Crippen LogP contribution is -2.17. The molecule has 0 saturated heterocycles. The second-order valence-electron chi connectivity index (χ2n) is 4.55. The van der Waals surface area contributed by atoms with Gasteiger partial charge < -0.3 is 14.9 Å². The van der Waals surface area contributed by atoms with Crippen LogP contribution >= 0.6 is 0 Å². The Kier molecular flexibility index (Phi) is 4.37. The molecule has 0 aliphatic rings. The van der Waals surface area contributed by atoms with Gasteiger partial charge in [-0.2, -0.15) is 0 Å². The van der Waals surface area contributed by atoms with Crippen molar-refractivity contribution in [2.45, 2.75) is 33.3 Å². The van der Waals surface area contributed by atoms with E-state index in [-0.39, 0.29) is 23.2 Å². The fourth-order valence-corrected chi connectivity index (χ4v) is 1.65. The number of carbonyl (C=O) groups excluding carboxylic acids is 1. The SMILES string of the molecule is CC(C)CC(C)OC(=O)c1cc(O)ccc1O. The zero-order valence-electron chi connectivity index (χ0n) is 10.3. The van der Waals surface area contributed by atoms with Crippen molar-refractivity contribution in [3.8, 4) is 11.5 Å². The Bertz CT molecular complexity index is 398. The summed E-state index contributed by atoms with van der Waals surface area (Å²) in [7, 11) is 0. The zero-order chi connectivity index (χ0) is 13.0. The Hall–Kier alpha value is -1.71. The summed E-state index contributed by atoms with van der Waals surface area (Å²) in [5.41, 5.74) is -0.0133. The van der Waals surface area contributed by atoms with E-state index in [9.17, 15) is 15.0 Å². The number of phenols is 2. The highest BCUT2D eigenvalue weighted by Crippen LogP contribution is 2.23. The molecule has 2 N–H and O–H groups in total. The van der Waals surface area contributed by atoms with Gasteiger partial charge in [-0.05, 0) is 37.5 Å². The summed E-state index contributed by atoms with van der Waals surface area (Å²) in [4.78, 5) is 11.7. The van der Waals surface area contributed by atoms with Gasteiger partial charge in [0.05, 0.1) is 6.10 Å². The van der Waals surface area contributed by atoms with Crippen molar-refractivity contribution in [3.05, 3.63) is 23.8 Å². The standard InChI is InChI=1S/C13H18O4/c1-8(2)6-9(3)17-13(16)11-7-10(14)4-5-12(11)15/h4-5,7-9,14-15H,6H2,1-3H3. The molecule has 1 unspecified atom stereocenters. The fourth-order valence-electron chi connectivity index (χ4n) is 1.65. The number of phenolic OH excluding ortho intramolecular Hbond substituents is 2. The molecule has 94 valence electrons. The Morgan fingerprint density at radius 3 is 2.53 bits per heavy atom. The molecule has 0 aromatic heterocycles. The number of hydrogen-bond donors (Lipinski definition) is 2. The largest absolute Gasteiger partial charge is 0.508 e. The van der Waals surface area contributed by atoms with Crippen LogP contribution in [0.4, 0.5) is 0 Å². The molecule has 1 atom stereocenters. The third-order valence-electron chi connectivity index (χ3n) is 2.31. The first-order valence-corrected chi connectivity index (χ1v) is 5.63. The lowest BCUT2D eigenvalue weighted by molar-refractivity contribution is 0.0296. The molecule has 0 aliphatic carbocycles. The van der Waals surface area contributed by atoms with Crippen molar-refractivity contribution in [1.82, 2.24) is 0 Å². The first kappa shape index (κ1) is 13.4. The van der Waals surface area contributed by atoms with Gasteiger partial charge in [0, 0.05) is 0 Å². The second kappa shape index (κ2) is 5.57. The number of ether oxygens (including phenoxy) is 1. The van der Waals surface area contributed by atoms with Crippen LogP contribution in [0.5, 0.6) is 11.5 Å². The van der Waals surface area contributed by atoms with Crippen LogP contribution in [0.2, 0.25) is 0 Å². The van der Waals surface area contributed by atoms with E-state index in [0.29, 0.717) is 5.92 Å². The Morgan fingerprint density at radius 2 is 1.94 bits per heavy atom. The summed E-state index contributed by atoms with van der Waals surface area (Å²) >= 11 is 0. The highest BCUT2D eigenvalue weighted by molar-refractivity contribution is 5.92. The minimum absolute atomic E-state index is 0.0133. The topological polar surface area (TPSA) is 66.8 Å². The minimum atomic E-state index is -0.619. The smallest absolute Gasteiger partial charge is 0.342 e. The molecule has 0 aliphatic heterocycles. The van der Waals surface area contributed by atoms with Crippen molar-refractivity contribution in [2.75, 3.05) is 0 Å². The van der Waals surface area contributed by atoms with E-state index < -0.39 is 5.97 Å². The molecular formula is C13H18O4. The first-order chi connectivity index (χ1) is 7.90. The number of esters is 1. The van der Waals surface area contributed by atoms with Crippen LogP contribution in [-0.4, -0.2) is 22.3 Å². The zero-order valence-corrected chi connectivity index (χ0v) is 10.3. The minimum Gasteiger partial charge on any atom is -0.508 e. The van der Waals surface area contributed by atoms with E-state index in [1.165, 1.54) is 18.2 Å². The van der Waals surface area contributed by atoms with E-state index in [4.69, 9.17) is 4.74 Å². The molecule has 0 bridgehead atoms. The number of rotatable bonds is 4. The monoisotopic (exact) mass is 238 g/mol. The third-order valence-corrected chi connectivity index (χ3v) is 2.31. The summed E-state index contributed by atoms with van der Waals surface area (Å²) in [6, 6.07) is 3.77. The molecule has 0 fully saturated rings. The number of hydrogen-bond acceptors (Lipinski definition) is 4. The van der Waals surface area contributed by atoms with Crippen LogP contribution in [0.3, 0.4) is 0 Å². The summed E-state index contributed by atoms with van der Waals surface area (Å²) in [6.07, 6.45) is 0.537. The molecular weight excluding hydrogens is 220 g/mol. The van der Waals surface area contributed by atoms with Crippen molar-refractivity contribution in [3.63, 3.8) is 0 Å². The maximum absolute atomic E-state index is 11.7. The third kappa shape index (κ3) is 3.98. The van der Waals surface area contributed by atoms with Gasteiger partial charge in [0.1, 0.15) is 17.1 Å². The van der Waals surface area contributed by atoms with Gasteiger partial charge in [0.2, 0.25) is 0 Å². The first-order valence-electron chi connectivity index (χ1n) is 5.63. The van der Waals surface area contributed by atoms with Crippen LogP contribution in [0, 0.1) is 5.92 Å². The summed E-state index contributed by atoms with van der Waals surface area (Å²) in [6.45, 7) is 5.88.